The van der Waals surface area contributed by atoms with Crippen molar-refractivity contribution in [2.24, 2.45) is 0 Å². The van der Waals surface area contributed by atoms with Crippen LogP contribution in [0.15, 0.2) is 60.8 Å². The Bertz CT molecular complexity index is 842. The van der Waals surface area contributed by atoms with Gasteiger partial charge in [0.25, 0.3) is 5.91 Å². The first-order chi connectivity index (χ1) is 12.3. The fraction of sp³-hybridized carbons (Fsp3) is 0.200. The molecule has 1 N–H and O–H groups in total. The van der Waals surface area contributed by atoms with E-state index < -0.39 is 0 Å². The van der Waals surface area contributed by atoms with Gasteiger partial charge in [-0.05, 0) is 43.3 Å². The Morgan fingerprint density at radius 3 is 2.48 bits per heavy atom. The predicted octanol–water partition coefficient (Wildman–Crippen LogP) is 3.44. The van der Waals surface area contributed by atoms with E-state index in [4.69, 9.17) is 9.47 Å². The second-order valence-electron chi connectivity index (χ2n) is 5.39. The molecule has 3 aromatic rings. The molecule has 0 radical (unpaired) electrons. The van der Waals surface area contributed by atoms with E-state index in [0.29, 0.717) is 30.8 Å². The van der Waals surface area contributed by atoms with E-state index in [-0.39, 0.29) is 5.91 Å². The summed E-state index contributed by atoms with van der Waals surface area (Å²) in [6.45, 7) is 3.38. The summed E-state index contributed by atoms with van der Waals surface area (Å²) in [5, 5.41) is 3.81. The first kappa shape index (κ1) is 16.8. The molecule has 25 heavy (non-hydrogen) atoms. The van der Waals surface area contributed by atoms with Crippen LogP contribution in [0.3, 0.4) is 0 Å². The molecule has 1 heterocycles. The summed E-state index contributed by atoms with van der Waals surface area (Å²) in [5.74, 6) is 1.40. The summed E-state index contributed by atoms with van der Waals surface area (Å²) >= 11 is 0. The summed E-state index contributed by atoms with van der Waals surface area (Å²) in [7, 11) is 0. The number of ether oxygens (including phenoxy) is 2. The van der Waals surface area contributed by atoms with Crippen molar-refractivity contribution in [3.05, 3.63) is 66.4 Å². The maximum absolute atomic E-state index is 12.4. The van der Waals surface area contributed by atoms with E-state index in [1.807, 2.05) is 55.5 Å². The van der Waals surface area contributed by atoms with Crippen molar-refractivity contribution in [3.8, 4) is 11.5 Å². The Kier molecular flexibility index (Phi) is 5.46. The Morgan fingerprint density at radius 2 is 1.72 bits per heavy atom. The number of rotatable bonds is 7. The van der Waals surface area contributed by atoms with Crippen molar-refractivity contribution < 1.29 is 14.3 Å². The van der Waals surface area contributed by atoms with Gasteiger partial charge in [-0.1, -0.05) is 18.2 Å². The average molecular weight is 336 g/mol. The third-order valence-electron chi connectivity index (χ3n) is 3.67. The highest BCUT2D eigenvalue weighted by Crippen LogP contribution is 2.17. The standard InChI is InChI=1S/C20H20N2O3/c1-2-24-16-8-10-17(11-9-16)25-14-13-22-20(23)18-7-3-5-15-6-4-12-21-19(15)18/h3-12H,2,13-14H2,1H3,(H,22,23). The lowest BCUT2D eigenvalue weighted by atomic mass is 10.1. The summed E-state index contributed by atoms with van der Waals surface area (Å²) < 4.78 is 11.0. The number of amides is 1. The highest BCUT2D eigenvalue weighted by atomic mass is 16.5. The Hall–Kier alpha value is -3.08. The topological polar surface area (TPSA) is 60.5 Å². The van der Waals surface area contributed by atoms with E-state index in [1.165, 1.54) is 0 Å². The smallest absolute Gasteiger partial charge is 0.253 e. The molecule has 0 unspecified atom stereocenters. The molecule has 5 nitrogen and oxygen atoms in total. The molecule has 5 heteroatoms. The zero-order chi connectivity index (χ0) is 17.5. The number of nitrogens with zero attached hydrogens (tertiary/aromatic N) is 1. The van der Waals surface area contributed by atoms with E-state index >= 15 is 0 Å². The summed E-state index contributed by atoms with van der Waals surface area (Å²) in [4.78, 5) is 16.7. The molecule has 0 spiro atoms. The number of carbonyl (C=O) groups excluding carboxylic acids is 1. The molecule has 1 aromatic heterocycles. The van der Waals surface area contributed by atoms with E-state index in [1.54, 1.807) is 12.3 Å². The zero-order valence-corrected chi connectivity index (χ0v) is 14.1. The van der Waals surface area contributed by atoms with Crippen molar-refractivity contribution in [1.29, 1.82) is 0 Å². The van der Waals surface area contributed by atoms with Gasteiger partial charge in [-0.2, -0.15) is 0 Å². The lowest BCUT2D eigenvalue weighted by Gasteiger charge is -2.09. The molecule has 0 saturated carbocycles. The SMILES string of the molecule is CCOc1ccc(OCCNC(=O)c2cccc3cccnc23)cc1. The van der Waals surface area contributed by atoms with Gasteiger partial charge in [0.1, 0.15) is 18.1 Å². The molecule has 0 atom stereocenters. The van der Waals surface area contributed by atoms with Gasteiger partial charge < -0.3 is 14.8 Å². The van der Waals surface area contributed by atoms with Gasteiger partial charge in [0.2, 0.25) is 0 Å². The van der Waals surface area contributed by atoms with Gasteiger partial charge in [0.15, 0.2) is 0 Å². The summed E-state index contributed by atoms with van der Waals surface area (Å²) in [6, 6.07) is 16.8. The Morgan fingerprint density at radius 1 is 1.00 bits per heavy atom. The average Bonchev–Trinajstić information content (AvgIpc) is 2.66. The largest absolute Gasteiger partial charge is 0.494 e. The van der Waals surface area contributed by atoms with Crippen LogP contribution in [0, 0.1) is 0 Å². The lowest BCUT2D eigenvalue weighted by molar-refractivity contribution is 0.0948. The van der Waals surface area contributed by atoms with Gasteiger partial charge in [-0.15, -0.1) is 0 Å². The molecule has 0 aliphatic carbocycles. The van der Waals surface area contributed by atoms with E-state index in [9.17, 15) is 4.79 Å². The number of hydrogen-bond acceptors (Lipinski definition) is 4. The van der Waals surface area contributed by atoms with Crippen LogP contribution >= 0.6 is 0 Å². The Balaban J connectivity index is 1.52. The van der Waals surface area contributed by atoms with Crippen LogP contribution in [0.4, 0.5) is 0 Å². The number of carbonyl (C=O) groups is 1. The minimum absolute atomic E-state index is 0.153. The predicted molar refractivity (Wildman–Crippen MR) is 97.2 cm³/mol. The molecule has 2 aromatic carbocycles. The monoisotopic (exact) mass is 336 g/mol. The molecule has 0 bridgehead atoms. The number of nitrogens with one attached hydrogen (secondary N) is 1. The third-order valence-corrected chi connectivity index (χ3v) is 3.67. The molecule has 0 fully saturated rings. The van der Waals surface area contributed by atoms with Gasteiger partial charge >= 0.3 is 0 Å². The van der Waals surface area contributed by atoms with Crippen molar-refractivity contribution in [2.75, 3.05) is 19.8 Å². The van der Waals surface area contributed by atoms with Crippen molar-refractivity contribution in [1.82, 2.24) is 10.3 Å². The van der Waals surface area contributed by atoms with E-state index in [0.717, 1.165) is 16.9 Å². The molecular weight excluding hydrogens is 316 g/mol. The van der Waals surface area contributed by atoms with Gasteiger partial charge in [-0.25, -0.2) is 0 Å². The quantitative estimate of drug-likeness (QED) is 0.672. The second-order valence-corrected chi connectivity index (χ2v) is 5.39. The number of para-hydroxylation sites is 1. The van der Waals surface area contributed by atoms with Crippen LogP contribution < -0.4 is 14.8 Å². The molecular formula is C20H20N2O3. The Labute approximate surface area is 146 Å². The van der Waals surface area contributed by atoms with Gasteiger partial charge in [-0.3, -0.25) is 9.78 Å². The maximum atomic E-state index is 12.4. The number of aromatic nitrogens is 1. The van der Waals surface area contributed by atoms with Crippen LogP contribution in [-0.4, -0.2) is 30.6 Å². The number of benzene rings is 2. The molecule has 0 aliphatic heterocycles. The number of pyridine rings is 1. The summed E-state index contributed by atoms with van der Waals surface area (Å²) in [6.07, 6.45) is 1.69. The first-order valence-electron chi connectivity index (χ1n) is 8.25. The van der Waals surface area contributed by atoms with Crippen LogP contribution in [0.25, 0.3) is 10.9 Å². The molecule has 0 saturated heterocycles. The van der Waals surface area contributed by atoms with E-state index in [2.05, 4.69) is 10.3 Å². The number of hydrogen-bond donors (Lipinski definition) is 1. The molecule has 1 amide bonds. The van der Waals surface area contributed by atoms with Crippen LogP contribution in [0.1, 0.15) is 17.3 Å². The van der Waals surface area contributed by atoms with Crippen molar-refractivity contribution >= 4 is 16.8 Å². The fourth-order valence-electron chi connectivity index (χ4n) is 2.51. The molecule has 128 valence electrons. The first-order valence-corrected chi connectivity index (χ1v) is 8.25. The lowest BCUT2D eigenvalue weighted by Crippen LogP contribution is -2.28. The zero-order valence-electron chi connectivity index (χ0n) is 14.1. The maximum Gasteiger partial charge on any atom is 0.253 e. The van der Waals surface area contributed by atoms with Crippen LogP contribution in [0.5, 0.6) is 11.5 Å². The highest BCUT2D eigenvalue weighted by molar-refractivity contribution is 6.05. The molecule has 3 rings (SSSR count). The van der Waals surface area contributed by atoms with Gasteiger partial charge in [0, 0.05) is 11.6 Å². The molecule has 0 aliphatic rings. The minimum atomic E-state index is -0.153. The third kappa shape index (κ3) is 4.26. The van der Waals surface area contributed by atoms with Gasteiger partial charge in [0.05, 0.1) is 24.2 Å². The minimum Gasteiger partial charge on any atom is -0.494 e. The summed E-state index contributed by atoms with van der Waals surface area (Å²) in [5.41, 5.74) is 1.27. The highest BCUT2D eigenvalue weighted by Gasteiger charge is 2.10. The van der Waals surface area contributed by atoms with Crippen molar-refractivity contribution in [2.45, 2.75) is 6.92 Å². The number of fused-ring (bicyclic) bond motifs is 1. The second kappa shape index (κ2) is 8.15. The normalized spacial score (nSPS) is 10.4. The van der Waals surface area contributed by atoms with Crippen molar-refractivity contribution in [3.63, 3.8) is 0 Å². The fourth-order valence-corrected chi connectivity index (χ4v) is 2.51. The van der Waals surface area contributed by atoms with Crippen LogP contribution in [0.2, 0.25) is 0 Å². The van der Waals surface area contributed by atoms with Crippen LogP contribution in [-0.2, 0) is 0 Å².